The van der Waals surface area contributed by atoms with Gasteiger partial charge in [0.1, 0.15) is 6.17 Å². The zero-order valence-corrected chi connectivity index (χ0v) is 15.2. The third kappa shape index (κ3) is 4.14. The van der Waals surface area contributed by atoms with E-state index in [1.165, 1.54) is 18.4 Å². The molecule has 0 spiro atoms. The number of hydrogen-bond acceptors (Lipinski definition) is 5. The zero-order chi connectivity index (χ0) is 18.8. The lowest BCUT2D eigenvalue weighted by Gasteiger charge is -2.30. The van der Waals surface area contributed by atoms with Gasteiger partial charge in [0, 0.05) is 12.4 Å². The number of aromatic nitrogens is 2. The van der Waals surface area contributed by atoms with Crippen molar-refractivity contribution in [1.29, 1.82) is 0 Å². The lowest BCUT2D eigenvalue weighted by atomic mass is 10.0. The van der Waals surface area contributed by atoms with Crippen LogP contribution in [-0.4, -0.2) is 27.8 Å². The third-order valence-electron chi connectivity index (χ3n) is 5.07. The van der Waals surface area contributed by atoms with E-state index in [1.807, 2.05) is 6.92 Å². The summed E-state index contributed by atoms with van der Waals surface area (Å²) in [6.07, 6.45) is 5.26. The molecule has 1 saturated carbocycles. The molecule has 1 aromatic heterocycles. The number of carbonyl (C=O) groups excluding carboxylic acids is 2. The van der Waals surface area contributed by atoms with E-state index in [0.29, 0.717) is 11.7 Å². The van der Waals surface area contributed by atoms with Crippen LogP contribution in [-0.2, 0) is 9.59 Å². The van der Waals surface area contributed by atoms with Crippen molar-refractivity contribution in [3.05, 3.63) is 59.7 Å². The summed E-state index contributed by atoms with van der Waals surface area (Å²) in [6.45, 7) is 1.95. The average molecular weight is 365 g/mol. The summed E-state index contributed by atoms with van der Waals surface area (Å²) in [5, 5.41) is 8.89. The molecule has 1 aromatic carbocycles. The molecule has 4 rings (SSSR count). The van der Waals surface area contributed by atoms with Gasteiger partial charge in [0.2, 0.25) is 11.8 Å². The molecular formula is C20H23N5O2. The molecule has 0 bridgehead atoms. The van der Waals surface area contributed by atoms with Crippen molar-refractivity contribution < 1.29 is 9.59 Å². The highest BCUT2D eigenvalue weighted by Crippen LogP contribution is 2.40. The van der Waals surface area contributed by atoms with Crippen molar-refractivity contribution in [2.24, 2.45) is 0 Å². The molecule has 3 N–H and O–H groups in total. The topological polar surface area (TPSA) is 96.0 Å². The first-order valence-corrected chi connectivity index (χ1v) is 9.32. The predicted molar refractivity (Wildman–Crippen MR) is 99.4 cm³/mol. The van der Waals surface area contributed by atoms with E-state index in [-0.39, 0.29) is 24.3 Å². The Balaban J connectivity index is 1.39. The van der Waals surface area contributed by atoms with Gasteiger partial charge in [-0.15, -0.1) is 0 Å². The van der Waals surface area contributed by atoms with Crippen LogP contribution in [0.15, 0.2) is 42.7 Å². The second-order valence-corrected chi connectivity index (χ2v) is 7.20. The van der Waals surface area contributed by atoms with Crippen LogP contribution in [0, 0.1) is 0 Å². The summed E-state index contributed by atoms with van der Waals surface area (Å²) in [5.41, 5.74) is 2.42. The van der Waals surface area contributed by atoms with E-state index in [1.54, 1.807) is 18.5 Å². The summed E-state index contributed by atoms with van der Waals surface area (Å²) in [4.78, 5) is 33.0. The van der Waals surface area contributed by atoms with Crippen LogP contribution in [0.4, 0.5) is 0 Å². The number of benzene rings is 1. The van der Waals surface area contributed by atoms with Gasteiger partial charge in [-0.2, -0.15) is 0 Å². The molecule has 2 amide bonds. The summed E-state index contributed by atoms with van der Waals surface area (Å²) >= 11 is 0. The molecule has 7 heteroatoms. The summed E-state index contributed by atoms with van der Waals surface area (Å²) in [6, 6.07) is 9.37. The molecule has 0 radical (unpaired) electrons. The molecular weight excluding hydrogens is 342 g/mol. The Bertz CT molecular complexity index is 820. The van der Waals surface area contributed by atoms with Gasteiger partial charge in [-0.1, -0.05) is 24.3 Å². The van der Waals surface area contributed by atoms with Gasteiger partial charge in [0.25, 0.3) is 0 Å². The van der Waals surface area contributed by atoms with Crippen molar-refractivity contribution in [3.8, 4) is 0 Å². The molecule has 1 saturated heterocycles. The van der Waals surface area contributed by atoms with Gasteiger partial charge >= 0.3 is 0 Å². The maximum absolute atomic E-state index is 12.7. The third-order valence-corrected chi connectivity index (χ3v) is 5.07. The monoisotopic (exact) mass is 365 g/mol. The van der Waals surface area contributed by atoms with E-state index in [4.69, 9.17) is 0 Å². The molecule has 2 aliphatic rings. The summed E-state index contributed by atoms with van der Waals surface area (Å²) < 4.78 is 0. The average Bonchev–Trinajstić information content (AvgIpc) is 3.53. The molecule has 7 nitrogen and oxygen atoms in total. The Morgan fingerprint density at radius 2 is 1.89 bits per heavy atom. The second kappa shape index (κ2) is 7.44. The first-order chi connectivity index (χ1) is 13.1. The van der Waals surface area contributed by atoms with Crippen LogP contribution in [0.1, 0.15) is 61.3 Å². The fourth-order valence-electron chi connectivity index (χ4n) is 3.35. The highest BCUT2D eigenvalue weighted by Gasteiger charge is 2.33. The van der Waals surface area contributed by atoms with Gasteiger partial charge in [0.05, 0.1) is 18.5 Å². The maximum atomic E-state index is 12.7. The van der Waals surface area contributed by atoms with Crippen molar-refractivity contribution in [3.63, 3.8) is 0 Å². The molecule has 3 atom stereocenters. The van der Waals surface area contributed by atoms with Crippen molar-refractivity contribution >= 4 is 11.8 Å². The predicted octanol–water partition coefficient (Wildman–Crippen LogP) is 1.71. The largest absolute Gasteiger partial charge is 0.348 e. The van der Waals surface area contributed by atoms with Crippen molar-refractivity contribution in [1.82, 2.24) is 25.9 Å². The van der Waals surface area contributed by atoms with Crippen molar-refractivity contribution in [2.45, 2.75) is 50.4 Å². The molecule has 140 valence electrons. The SMILES string of the molecule is CC(NC(=O)C1CC(=O)NC(c2ncccn2)N1)c1ccc(C2CC2)cc1. The Hall–Kier alpha value is -2.80. The minimum atomic E-state index is -0.624. The minimum Gasteiger partial charge on any atom is -0.348 e. The fourth-order valence-corrected chi connectivity index (χ4v) is 3.35. The van der Waals surface area contributed by atoms with E-state index in [9.17, 15) is 9.59 Å². The fraction of sp³-hybridized carbons (Fsp3) is 0.400. The van der Waals surface area contributed by atoms with Gasteiger partial charge in [0.15, 0.2) is 5.82 Å². The molecule has 2 aromatic rings. The maximum Gasteiger partial charge on any atom is 0.238 e. The van der Waals surface area contributed by atoms with Gasteiger partial charge in [-0.25, -0.2) is 9.97 Å². The number of carbonyl (C=O) groups is 2. The Labute approximate surface area is 158 Å². The van der Waals surface area contributed by atoms with Gasteiger partial charge < -0.3 is 10.6 Å². The summed E-state index contributed by atoms with van der Waals surface area (Å²) in [7, 11) is 0. The minimum absolute atomic E-state index is 0.0858. The normalized spacial score (nSPS) is 23.4. The number of hydrogen-bond donors (Lipinski definition) is 3. The summed E-state index contributed by atoms with van der Waals surface area (Å²) in [5.74, 6) is 0.746. The molecule has 27 heavy (non-hydrogen) atoms. The molecule has 3 unspecified atom stereocenters. The molecule has 1 aliphatic carbocycles. The lowest BCUT2D eigenvalue weighted by Crippen LogP contribution is -2.56. The number of nitrogens with zero attached hydrogens (tertiary/aromatic N) is 2. The number of nitrogens with one attached hydrogen (secondary N) is 3. The van der Waals surface area contributed by atoms with E-state index in [0.717, 1.165) is 5.56 Å². The molecule has 1 aliphatic heterocycles. The highest BCUT2D eigenvalue weighted by atomic mass is 16.2. The van der Waals surface area contributed by atoms with E-state index < -0.39 is 12.2 Å². The van der Waals surface area contributed by atoms with Crippen LogP contribution < -0.4 is 16.0 Å². The van der Waals surface area contributed by atoms with Crippen LogP contribution in [0.3, 0.4) is 0 Å². The smallest absolute Gasteiger partial charge is 0.238 e. The van der Waals surface area contributed by atoms with Crippen LogP contribution in [0.5, 0.6) is 0 Å². The number of rotatable bonds is 5. The Morgan fingerprint density at radius 3 is 2.56 bits per heavy atom. The Morgan fingerprint density at radius 1 is 1.19 bits per heavy atom. The van der Waals surface area contributed by atoms with E-state index in [2.05, 4.69) is 50.2 Å². The van der Waals surface area contributed by atoms with Crippen LogP contribution in [0.2, 0.25) is 0 Å². The quantitative estimate of drug-likeness (QED) is 0.750. The van der Waals surface area contributed by atoms with Gasteiger partial charge in [-0.05, 0) is 42.9 Å². The van der Waals surface area contributed by atoms with Crippen LogP contribution >= 0.6 is 0 Å². The first kappa shape index (κ1) is 17.6. The first-order valence-electron chi connectivity index (χ1n) is 9.32. The second-order valence-electron chi connectivity index (χ2n) is 7.20. The standard InChI is InChI=1S/C20H23N5O2/c1-12(13-3-5-14(6-4-13)15-7-8-15)23-20(27)16-11-17(26)25-19(24-16)18-21-9-2-10-22-18/h2-6,9-10,12,15-16,19,24H,7-8,11H2,1H3,(H,23,27)(H,25,26). The number of amides is 2. The van der Waals surface area contributed by atoms with Crippen molar-refractivity contribution in [2.75, 3.05) is 0 Å². The Kier molecular flexibility index (Phi) is 4.85. The van der Waals surface area contributed by atoms with Gasteiger partial charge in [-0.3, -0.25) is 14.9 Å². The lowest BCUT2D eigenvalue weighted by molar-refractivity contribution is -0.132. The van der Waals surface area contributed by atoms with E-state index >= 15 is 0 Å². The molecule has 2 heterocycles. The molecule has 2 fully saturated rings. The highest BCUT2D eigenvalue weighted by molar-refractivity contribution is 5.89. The van der Waals surface area contributed by atoms with Crippen LogP contribution in [0.25, 0.3) is 0 Å². The zero-order valence-electron chi connectivity index (χ0n) is 15.2.